The highest BCUT2D eigenvalue weighted by molar-refractivity contribution is 5.91. The van der Waals surface area contributed by atoms with Crippen LogP contribution in [0.1, 0.15) is 37.7 Å². The second kappa shape index (κ2) is 6.72. The lowest BCUT2D eigenvalue weighted by Crippen LogP contribution is -2.36. The zero-order valence-corrected chi connectivity index (χ0v) is 13.2. The molecule has 0 saturated carbocycles. The van der Waals surface area contributed by atoms with Crippen molar-refractivity contribution in [1.29, 1.82) is 0 Å². The molecule has 0 aromatic carbocycles. The Balaban J connectivity index is 1.77. The van der Waals surface area contributed by atoms with Gasteiger partial charge in [0.1, 0.15) is 11.3 Å². The number of rotatable bonds is 3. The topological polar surface area (TPSA) is 84.4 Å². The van der Waals surface area contributed by atoms with Crippen molar-refractivity contribution in [3.63, 3.8) is 0 Å². The summed E-state index contributed by atoms with van der Waals surface area (Å²) in [5, 5.41) is 2.83. The van der Waals surface area contributed by atoms with Crippen molar-refractivity contribution in [3.05, 3.63) is 24.3 Å². The molecule has 1 fully saturated rings. The van der Waals surface area contributed by atoms with Crippen LogP contribution in [0.5, 0.6) is 0 Å². The van der Waals surface area contributed by atoms with E-state index in [2.05, 4.69) is 15.3 Å². The van der Waals surface area contributed by atoms with Gasteiger partial charge in [-0.2, -0.15) is 0 Å². The fourth-order valence-corrected chi connectivity index (χ4v) is 2.24. The van der Waals surface area contributed by atoms with Gasteiger partial charge >= 0.3 is 6.09 Å². The number of hydrogen-bond acceptors (Lipinski definition) is 5. The molecule has 0 bridgehead atoms. The van der Waals surface area contributed by atoms with Crippen LogP contribution >= 0.6 is 0 Å². The van der Waals surface area contributed by atoms with Crippen LogP contribution in [0.3, 0.4) is 0 Å². The molecule has 1 aromatic rings. The van der Waals surface area contributed by atoms with E-state index in [9.17, 15) is 9.59 Å². The van der Waals surface area contributed by atoms with Gasteiger partial charge in [-0.25, -0.2) is 9.78 Å². The van der Waals surface area contributed by atoms with Crippen molar-refractivity contribution in [2.45, 2.75) is 32.8 Å². The highest BCUT2D eigenvalue weighted by Gasteiger charge is 2.29. The number of likely N-dealkylation sites (tertiary alicyclic amines) is 1. The first-order valence-corrected chi connectivity index (χ1v) is 7.37. The first-order valence-electron chi connectivity index (χ1n) is 7.37. The van der Waals surface area contributed by atoms with E-state index in [4.69, 9.17) is 4.74 Å². The SMILES string of the molecule is CC(C)(C)OC(=O)N1CCC(CNC(=O)c2cnccn2)C1. The average Bonchev–Trinajstić information content (AvgIpc) is 2.93. The van der Waals surface area contributed by atoms with Crippen LogP contribution in [0, 0.1) is 5.92 Å². The second-order valence-electron chi connectivity index (χ2n) is 6.38. The van der Waals surface area contributed by atoms with Crippen LogP contribution in [0.4, 0.5) is 4.79 Å². The van der Waals surface area contributed by atoms with E-state index in [-0.39, 0.29) is 17.9 Å². The zero-order chi connectivity index (χ0) is 16.2. The molecule has 2 rings (SSSR count). The van der Waals surface area contributed by atoms with Crippen LogP contribution < -0.4 is 5.32 Å². The maximum atomic E-state index is 12.0. The summed E-state index contributed by atoms with van der Waals surface area (Å²) in [6, 6.07) is 0. The predicted octanol–water partition coefficient (Wildman–Crippen LogP) is 1.46. The highest BCUT2D eigenvalue weighted by Crippen LogP contribution is 2.19. The number of amides is 2. The van der Waals surface area contributed by atoms with Gasteiger partial charge in [0.15, 0.2) is 0 Å². The number of nitrogens with zero attached hydrogens (tertiary/aromatic N) is 3. The van der Waals surface area contributed by atoms with E-state index >= 15 is 0 Å². The number of carbonyl (C=O) groups excluding carboxylic acids is 2. The molecule has 1 aromatic heterocycles. The van der Waals surface area contributed by atoms with Crippen molar-refractivity contribution >= 4 is 12.0 Å². The quantitative estimate of drug-likeness (QED) is 0.914. The van der Waals surface area contributed by atoms with Gasteiger partial charge in [0.25, 0.3) is 5.91 Å². The van der Waals surface area contributed by atoms with E-state index in [1.807, 2.05) is 20.8 Å². The van der Waals surface area contributed by atoms with E-state index in [1.165, 1.54) is 18.6 Å². The largest absolute Gasteiger partial charge is 0.444 e. The van der Waals surface area contributed by atoms with Crippen LogP contribution in [0.25, 0.3) is 0 Å². The number of hydrogen-bond donors (Lipinski definition) is 1. The third-order valence-corrected chi connectivity index (χ3v) is 3.28. The van der Waals surface area contributed by atoms with Crippen molar-refractivity contribution in [3.8, 4) is 0 Å². The number of nitrogens with one attached hydrogen (secondary N) is 1. The molecule has 7 nitrogen and oxygen atoms in total. The lowest BCUT2D eigenvalue weighted by atomic mass is 10.1. The lowest BCUT2D eigenvalue weighted by molar-refractivity contribution is 0.0288. The molecule has 1 atom stereocenters. The van der Waals surface area contributed by atoms with Gasteiger partial charge in [-0.1, -0.05) is 0 Å². The molecule has 2 amide bonds. The summed E-state index contributed by atoms with van der Waals surface area (Å²) in [5.74, 6) is -0.0167. The van der Waals surface area contributed by atoms with Gasteiger partial charge < -0.3 is 15.0 Å². The van der Waals surface area contributed by atoms with Crippen molar-refractivity contribution in [2.75, 3.05) is 19.6 Å². The number of carbonyl (C=O) groups is 2. The molecule has 0 aliphatic carbocycles. The number of ether oxygens (including phenoxy) is 1. The number of aromatic nitrogens is 2. The molecule has 1 aliphatic rings. The molecule has 1 aliphatic heterocycles. The van der Waals surface area contributed by atoms with E-state index < -0.39 is 5.60 Å². The molecular weight excluding hydrogens is 284 g/mol. The maximum absolute atomic E-state index is 12.0. The Hall–Kier alpha value is -2.18. The Kier molecular flexibility index (Phi) is 4.95. The Morgan fingerprint density at radius 3 is 2.82 bits per heavy atom. The van der Waals surface area contributed by atoms with Crippen LogP contribution in [-0.2, 0) is 4.74 Å². The summed E-state index contributed by atoms with van der Waals surface area (Å²) in [6.45, 7) is 7.30. The summed E-state index contributed by atoms with van der Waals surface area (Å²) in [4.78, 5) is 33.3. The Morgan fingerprint density at radius 1 is 1.41 bits per heavy atom. The van der Waals surface area contributed by atoms with Crippen LogP contribution in [0.2, 0.25) is 0 Å². The highest BCUT2D eigenvalue weighted by atomic mass is 16.6. The van der Waals surface area contributed by atoms with E-state index in [1.54, 1.807) is 4.90 Å². The molecule has 1 unspecified atom stereocenters. The monoisotopic (exact) mass is 306 g/mol. The van der Waals surface area contributed by atoms with Gasteiger partial charge in [0.2, 0.25) is 0 Å². The second-order valence-corrected chi connectivity index (χ2v) is 6.38. The van der Waals surface area contributed by atoms with Crippen molar-refractivity contribution in [1.82, 2.24) is 20.2 Å². The van der Waals surface area contributed by atoms with Crippen LogP contribution in [0.15, 0.2) is 18.6 Å². The molecule has 1 saturated heterocycles. The maximum Gasteiger partial charge on any atom is 0.410 e. The summed E-state index contributed by atoms with van der Waals surface area (Å²) in [5.41, 5.74) is -0.195. The standard InChI is InChI=1S/C15H22N4O3/c1-15(2,3)22-14(21)19-7-4-11(10-19)8-18-13(20)12-9-16-5-6-17-12/h5-6,9,11H,4,7-8,10H2,1-3H3,(H,18,20). The molecule has 120 valence electrons. The molecule has 2 heterocycles. The van der Waals surface area contributed by atoms with Gasteiger partial charge in [-0.15, -0.1) is 0 Å². The first kappa shape index (κ1) is 16.2. The van der Waals surface area contributed by atoms with E-state index in [0.717, 1.165) is 6.42 Å². The fraction of sp³-hybridized carbons (Fsp3) is 0.600. The van der Waals surface area contributed by atoms with Gasteiger partial charge in [0.05, 0.1) is 6.20 Å². The van der Waals surface area contributed by atoms with Crippen molar-refractivity contribution in [2.24, 2.45) is 5.92 Å². The predicted molar refractivity (Wildman–Crippen MR) is 80.3 cm³/mol. The smallest absolute Gasteiger partial charge is 0.410 e. The molecule has 1 N–H and O–H groups in total. The summed E-state index contributed by atoms with van der Waals surface area (Å²) in [6.07, 6.45) is 4.98. The average molecular weight is 306 g/mol. The third kappa shape index (κ3) is 4.68. The molecule has 22 heavy (non-hydrogen) atoms. The summed E-state index contributed by atoms with van der Waals surface area (Å²) < 4.78 is 5.35. The molecular formula is C15H22N4O3. The van der Waals surface area contributed by atoms with Crippen LogP contribution in [-0.4, -0.2) is 52.1 Å². The van der Waals surface area contributed by atoms with E-state index in [0.29, 0.717) is 25.3 Å². The minimum Gasteiger partial charge on any atom is -0.444 e. The summed E-state index contributed by atoms with van der Waals surface area (Å²) >= 11 is 0. The van der Waals surface area contributed by atoms with Gasteiger partial charge in [-0.3, -0.25) is 9.78 Å². The van der Waals surface area contributed by atoms with Gasteiger partial charge in [0, 0.05) is 32.0 Å². The van der Waals surface area contributed by atoms with Crippen molar-refractivity contribution < 1.29 is 14.3 Å². The third-order valence-electron chi connectivity index (χ3n) is 3.28. The first-order chi connectivity index (χ1) is 10.3. The fourth-order valence-electron chi connectivity index (χ4n) is 2.24. The minimum atomic E-state index is -0.491. The Morgan fingerprint density at radius 2 is 2.18 bits per heavy atom. The van der Waals surface area contributed by atoms with Gasteiger partial charge in [-0.05, 0) is 33.1 Å². The Bertz CT molecular complexity index is 527. The minimum absolute atomic E-state index is 0.230. The normalized spacial score (nSPS) is 18.1. The summed E-state index contributed by atoms with van der Waals surface area (Å²) in [7, 11) is 0. The molecule has 0 radical (unpaired) electrons. The Labute approximate surface area is 130 Å². The molecule has 7 heteroatoms. The lowest BCUT2D eigenvalue weighted by Gasteiger charge is -2.24. The molecule has 0 spiro atoms. The zero-order valence-electron chi connectivity index (χ0n) is 13.2.